The van der Waals surface area contributed by atoms with Gasteiger partial charge in [0.1, 0.15) is 5.15 Å². The van der Waals surface area contributed by atoms with Crippen LogP contribution in [0.5, 0.6) is 0 Å². The number of anilines is 1. The van der Waals surface area contributed by atoms with E-state index in [-0.39, 0.29) is 5.91 Å². The van der Waals surface area contributed by atoms with Crippen molar-refractivity contribution in [2.45, 2.75) is 20.0 Å². The van der Waals surface area contributed by atoms with Gasteiger partial charge in [0, 0.05) is 52.4 Å². The van der Waals surface area contributed by atoms with Gasteiger partial charge in [-0.15, -0.1) is 0 Å². The molecule has 1 fully saturated rings. The highest BCUT2D eigenvalue weighted by molar-refractivity contribution is 6.29. The summed E-state index contributed by atoms with van der Waals surface area (Å²) in [6.45, 7) is 6.73. The lowest BCUT2D eigenvalue weighted by Gasteiger charge is -2.34. The Morgan fingerprint density at radius 3 is 2.44 bits per heavy atom. The van der Waals surface area contributed by atoms with Crippen LogP contribution in [0, 0.1) is 0 Å². The van der Waals surface area contributed by atoms with Crippen molar-refractivity contribution in [2.75, 3.05) is 31.1 Å². The monoisotopic (exact) mass is 359 g/mol. The molecule has 0 atom stereocenters. The largest absolute Gasteiger partial charge is 0.352 e. The van der Waals surface area contributed by atoms with Crippen LogP contribution in [0.1, 0.15) is 18.1 Å². The Morgan fingerprint density at radius 2 is 1.80 bits per heavy atom. The normalized spacial score (nSPS) is 15.2. The molecule has 0 saturated carbocycles. The number of nitrogens with zero attached hydrogens (tertiary/aromatic N) is 4. The summed E-state index contributed by atoms with van der Waals surface area (Å²) in [7, 11) is 0. The number of piperazine rings is 1. The molecule has 132 valence electrons. The minimum Gasteiger partial charge on any atom is -0.352 e. The predicted molar refractivity (Wildman–Crippen MR) is 98.5 cm³/mol. The van der Waals surface area contributed by atoms with E-state index >= 15 is 0 Å². The number of carbonyl (C=O) groups excluding carboxylic acids is 1. The van der Waals surface area contributed by atoms with E-state index < -0.39 is 0 Å². The van der Waals surface area contributed by atoms with Crippen LogP contribution in [0.15, 0.2) is 36.5 Å². The average molecular weight is 360 g/mol. The third kappa shape index (κ3) is 5.14. The van der Waals surface area contributed by atoms with Crippen LogP contribution < -0.4 is 10.2 Å². The predicted octanol–water partition coefficient (Wildman–Crippen LogP) is 2.09. The standard InChI is InChI=1S/C18H22ClN5O/c1-14(25)21-12-15-2-4-16(5-3-15)13-23-8-10-24(11-9-23)18-20-7-6-17(19)22-18/h2-7H,8-13H2,1H3,(H,21,25). The first kappa shape index (κ1) is 17.6. The molecule has 1 aliphatic heterocycles. The molecule has 0 spiro atoms. The van der Waals surface area contributed by atoms with Gasteiger partial charge < -0.3 is 10.2 Å². The maximum Gasteiger partial charge on any atom is 0.226 e. The van der Waals surface area contributed by atoms with Gasteiger partial charge >= 0.3 is 0 Å². The molecule has 1 aromatic heterocycles. The van der Waals surface area contributed by atoms with Crippen LogP contribution in [0.4, 0.5) is 5.95 Å². The molecule has 0 aliphatic carbocycles. The topological polar surface area (TPSA) is 61.4 Å². The fraction of sp³-hybridized carbons (Fsp3) is 0.389. The highest BCUT2D eigenvalue weighted by atomic mass is 35.5. The summed E-state index contributed by atoms with van der Waals surface area (Å²) < 4.78 is 0. The van der Waals surface area contributed by atoms with Gasteiger partial charge in [-0.25, -0.2) is 9.97 Å². The summed E-state index contributed by atoms with van der Waals surface area (Å²) in [4.78, 5) is 24.1. The molecule has 25 heavy (non-hydrogen) atoms. The van der Waals surface area contributed by atoms with Gasteiger partial charge in [0.15, 0.2) is 0 Å². The molecule has 1 aliphatic rings. The maximum atomic E-state index is 11.0. The van der Waals surface area contributed by atoms with Crippen molar-refractivity contribution in [3.05, 3.63) is 52.8 Å². The summed E-state index contributed by atoms with van der Waals surface area (Å²) in [5, 5.41) is 3.29. The number of hydrogen-bond donors (Lipinski definition) is 1. The first-order chi connectivity index (χ1) is 12.1. The average Bonchev–Trinajstić information content (AvgIpc) is 2.62. The first-order valence-electron chi connectivity index (χ1n) is 8.38. The molecule has 0 unspecified atom stereocenters. The minimum absolute atomic E-state index is 0.00868. The third-order valence-corrected chi connectivity index (χ3v) is 4.45. The van der Waals surface area contributed by atoms with E-state index in [1.165, 1.54) is 12.5 Å². The Hall–Kier alpha value is -2.18. The number of benzene rings is 1. The van der Waals surface area contributed by atoms with Gasteiger partial charge in [0.05, 0.1) is 0 Å². The number of hydrogen-bond acceptors (Lipinski definition) is 5. The van der Waals surface area contributed by atoms with Crippen molar-refractivity contribution < 1.29 is 4.79 Å². The van der Waals surface area contributed by atoms with E-state index in [1.54, 1.807) is 12.3 Å². The number of aromatic nitrogens is 2. The molecule has 2 heterocycles. The highest BCUT2D eigenvalue weighted by Crippen LogP contribution is 2.15. The van der Waals surface area contributed by atoms with Crippen LogP contribution in [-0.2, 0) is 17.9 Å². The van der Waals surface area contributed by atoms with Crippen molar-refractivity contribution in [2.24, 2.45) is 0 Å². The smallest absolute Gasteiger partial charge is 0.226 e. The lowest BCUT2D eigenvalue weighted by molar-refractivity contribution is -0.119. The fourth-order valence-corrected chi connectivity index (χ4v) is 2.96. The second-order valence-corrected chi connectivity index (χ2v) is 6.56. The zero-order chi connectivity index (χ0) is 17.6. The highest BCUT2D eigenvalue weighted by Gasteiger charge is 2.19. The van der Waals surface area contributed by atoms with Crippen molar-refractivity contribution in [1.29, 1.82) is 0 Å². The Morgan fingerprint density at radius 1 is 1.12 bits per heavy atom. The van der Waals surface area contributed by atoms with Gasteiger partial charge in [-0.2, -0.15) is 0 Å². The molecule has 0 radical (unpaired) electrons. The molecule has 1 N–H and O–H groups in total. The van der Waals surface area contributed by atoms with E-state index in [4.69, 9.17) is 11.6 Å². The summed E-state index contributed by atoms with van der Waals surface area (Å²) in [6, 6.07) is 10.1. The number of carbonyl (C=O) groups is 1. The Balaban J connectivity index is 1.49. The Bertz CT molecular complexity index is 714. The van der Waals surface area contributed by atoms with Gasteiger partial charge in [0.2, 0.25) is 11.9 Å². The Labute approximate surface area is 152 Å². The van der Waals surface area contributed by atoms with E-state index in [0.29, 0.717) is 17.6 Å². The number of rotatable bonds is 5. The van der Waals surface area contributed by atoms with Gasteiger partial charge in [-0.05, 0) is 17.2 Å². The fourth-order valence-electron chi connectivity index (χ4n) is 2.83. The van der Waals surface area contributed by atoms with E-state index in [1.807, 2.05) is 0 Å². The second-order valence-electron chi connectivity index (χ2n) is 6.17. The summed E-state index contributed by atoms with van der Waals surface area (Å²) in [6.07, 6.45) is 1.69. The van der Waals surface area contributed by atoms with Crippen LogP contribution in [0.2, 0.25) is 5.15 Å². The van der Waals surface area contributed by atoms with Crippen molar-refractivity contribution >= 4 is 23.5 Å². The van der Waals surface area contributed by atoms with Crippen LogP contribution in [-0.4, -0.2) is 47.0 Å². The summed E-state index contributed by atoms with van der Waals surface area (Å²) in [5.41, 5.74) is 2.39. The number of amides is 1. The SMILES string of the molecule is CC(=O)NCc1ccc(CN2CCN(c3nccc(Cl)n3)CC2)cc1. The number of halogens is 1. The maximum absolute atomic E-state index is 11.0. The molecule has 6 nitrogen and oxygen atoms in total. The van der Waals surface area contributed by atoms with Gasteiger partial charge in [-0.3, -0.25) is 9.69 Å². The Kier molecular flexibility index (Phi) is 5.83. The third-order valence-electron chi connectivity index (χ3n) is 4.23. The summed E-state index contributed by atoms with van der Waals surface area (Å²) >= 11 is 5.94. The van der Waals surface area contributed by atoms with Crippen LogP contribution in [0.25, 0.3) is 0 Å². The molecule has 1 saturated heterocycles. The lowest BCUT2D eigenvalue weighted by Crippen LogP contribution is -2.46. The van der Waals surface area contributed by atoms with Crippen molar-refractivity contribution in [3.8, 4) is 0 Å². The first-order valence-corrected chi connectivity index (χ1v) is 8.76. The van der Waals surface area contributed by atoms with Crippen molar-refractivity contribution in [1.82, 2.24) is 20.2 Å². The van der Waals surface area contributed by atoms with E-state index in [0.717, 1.165) is 38.3 Å². The van der Waals surface area contributed by atoms with Crippen LogP contribution >= 0.6 is 11.6 Å². The molecular formula is C18H22ClN5O. The molecular weight excluding hydrogens is 338 g/mol. The van der Waals surface area contributed by atoms with E-state index in [2.05, 4.69) is 49.4 Å². The number of nitrogens with one attached hydrogen (secondary N) is 1. The van der Waals surface area contributed by atoms with Crippen molar-refractivity contribution in [3.63, 3.8) is 0 Å². The molecule has 3 rings (SSSR count). The zero-order valence-electron chi connectivity index (χ0n) is 14.3. The second kappa shape index (κ2) is 8.27. The summed E-state index contributed by atoms with van der Waals surface area (Å²) in [5.74, 6) is 0.695. The molecule has 1 amide bonds. The van der Waals surface area contributed by atoms with Crippen LogP contribution in [0.3, 0.4) is 0 Å². The zero-order valence-corrected chi connectivity index (χ0v) is 15.0. The molecule has 2 aromatic rings. The van der Waals surface area contributed by atoms with Gasteiger partial charge in [-0.1, -0.05) is 35.9 Å². The van der Waals surface area contributed by atoms with E-state index in [9.17, 15) is 4.79 Å². The molecule has 1 aromatic carbocycles. The molecule has 7 heteroatoms. The molecule has 0 bridgehead atoms. The lowest BCUT2D eigenvalue weighted by atomic mass is 10.1. The minimum atomic E-state index is -0.00868. The quantitative estimate of drug-likeness (QED) is 0.828. The van der Waals surface area contributed by atoms with Gasteiger partial charge in [0.25, 0.3) is 0 Å².